The molecule has 2 rings (SSSR count). The second-order valence-electron chi connectivity index (χ2n) is 4.41. The average Bonchev–Trinajstić information content (AvgIpc) is 2.46. The highest BCUT2D eigenvalue weighted by Gasteiger charge is 2.29. The van der Waals surface area contributed by atoms with E-state index in [9.17, 15) is 14.4 Å². The molecule has 0 saturated heterocycles. The van der Waals surface area contributed by atoms with E-state index < -0.39 is 11.2 Å². The van der Waals surface area contributed by atoms with Crippen LogP contribution in [0.25, 0.3) is 0 Å². The van der Waals surface area contributed by atoms with Crippen molar-refractivity contribution in [3.63, 3.8) is 0 Å². The molecule has 1 atom stereocenters. The summed E-state index contributed by atoms with van der Waals surface area (Å²) in [6.45, 7) is 1.94. The van der Waals surface area contributed by atoms with Gasteiger partial charge in [0, 0.05) is 11.4 Å². The average molecular weight is 308 g/mol. The van der Waals surface area contributed by atoms with Crippen molar-refractivity contribution in [3.05, 3.63) is 24.3 Å². The van der Waals surface area contributed by atoms with Crippen molar-refractivity contribution >= 4 is 35.2 Å². The van der Waals surface area contributed by atoms with Gasteiger partial charge in [-0.05, 0) is 19.1 Å². The molecule has 0 aromatic heterocycles. The highest BCUT2D eigenvalue weighted by molar-refractivity contribution is 8.01. The van der Waals surface area contributed by atoms with Crippen LogP contribution in [-0.2, 0) is 19.1 Å². The Hall–Kier alpha value is -2.02. The molecule has 112 valence electrons. The van der Waals surface area contributed by atoms with Gasteiger partial charge in [0.1, 0.15) is 0 Å². The van der Waals surface area contributed by atoms with E-state index in [4.69, 9.17) is 4.74 Å². The number of likely N-dealkylation sites (N-methyl/N-ethyl adjacent to an activating group) is 1. The standard InChI is InChI=1S/C14H16N2O4S/c1-2-15-12(17)8-20-13(18)7-11-14(19)16-9-5-3-4-6-10(9)21-11/h3-6,11H,2,7-8H2,1H3,(H,15,17)(H,16,19)/t11-/m0/s1. The van der Waals surface area contributed by atoms with Crippen LogP contribution >= 0.6 is 11.8 Å². The number of rotatable bonds is 5. The number of amides is 2. The summed E-state index contributed by atoms with van der Waals surface area (Å²) in [6, 6.07) is 7.39. The lowest BCUT2D eigenvalue weighted by Gasteiger charge is -2.23. The summed E-state index contributed by atoms with van der Waals surface area (Å²) in [6.07, 6.45) is -0.0652. The number of esters is 1. The number of thioether (sulfide) groups is 1. The molecule has 21 heavy (non-hydrogen) atoms. The number of benzene rings is 1. The number of carbonyl (C=O) groups is 3. The number of hydrogen-bond donors (Lipinski definition) is 2. The summed E-state index contributed by atoms with van der Waals surface area (Å²) in [7, 11) is 0. The summed E-state index contributed by atoms with van der Waals surface area (Å²) < 4.78 is 4.85. The fourth-order valence-electron chi connectivity index (χ4n) is 1.83. The Morgan fingerprint density at radius 3 is 2.90 bits per heavy atom. The van der Waals surface area contributed by atoms with Gasteiger partial charge in [-0.15, -0.1) is 11.8 Å². The van der Waals surface area contributed by atoms with Crippen molar-refractivity contribution < 1.29 is 19.1 Å². The second-order valence-corrected chi connectivity index (χ2v) is 5.65. The molecule has 1 aliphatic heterocycles. The van der Waals surface area contributed by atoms with Crippen LogP contribution in [0.1, 0.15) is 13.3 Å². The third-order valence-corrected chi connectivity index (χ3v) is 4.07. The monoisotopic (exact) mass is 308 g/mol. The maximum absolute atomic E-state index is 11.9. The van der Waals surface area contributed by atoms with Crippen molar-refractivity contribution in [1.82, 2.24) is 5.32 Å². The molecular weight excluding hydrogens is 292 g/mol. The minimum atomic E-state index is -0.562. The first-order valence-corrected chi connectivity index (χ1v) is 7.47. The number of fused-ring (bicyclic) bond motifs is 1. The molecule has 0 spiro atoms. The molecule has 0 aliphatic carbocycles. The fourth-order valence-corrected chi connectivity index (χ4v) is 2.93. The van der Waals surface area contributed by atoms with E-state index >= 15 is 0 Å². The van der Waals surface area contributed by atoms with Crippen LogP contribution in [0.3, 0.4) is 0 Å². The molecule has 1 aromatic rings. The third-order valence-electron chi connectivity index (χ3n) is 2.80. The van der Waals surface area contributed by atoms with Crippen LogP contribution in [0, 0.1) is 0 Å². The van der Waals surface area contributed by atoms with Crippen molar-refractivity contribution in [2.75, 3.05) is 18.5 Å². The highest BCUT2D eigenvalue weighted by atomic mass is 32.2. The predicted molar refractivity (Wildman–Crippen MR) is 79.0 cm³/mol. The smallest absolute Gasteiger partial charge is 0.307 e. The summed E-state index contributed by atoms with van der Waals surface area (Å²) in [4.78, 5) is 35.7. The fraction of sp³-hybridized carbons (Fsp3) is 0.357. The van der Waals surface area contributed by atoms with Crippen molar-refractivity contribution in [2.24, 2.45) is 0 Å². The van der Waals surface area contributed by atoms with E-state index in [0.29, 0.717) is 6.54 Å². The van der Waals surface area contributed by atoms with Crippen molar-refractivity contribution in [3.8, 4) is 0 Å². The molecule has 0 radical (unpaired) electrons. The number of hydrogen-bond acceptors (Lipinski definition) is 5. The van der Waals surface area contributed by atoms with E-state index in [-0.39, 0.29) is 24.8 Å². The van der Waals surface area contributed by atoms with Gasteiger partial charge in [-0.1, -0.05) is 12.1 Å². The van der Waals surface area contributed by atoms with Crippen molar-refractivity contribution in [1.29, 1.82) is 0 Å². The molecule has 0 unspecified atom stereocenters. The summed E-state index contributed by atoms with van der Waals surface area (Å²) in [5.74, 6) is -1.14. The molecule has 6 nitrogen and oxygen atoms in total. The number of ether oxygens (including phenoxy) is 1. The molecule has 0 bridgehead atoms. The van der Waals surface area contributed by atoms with Gasteiger partial charge in [-0.25, -0.2) is 0 Å². The largest absolute Gasteiger partial charge is 0.456 e. The Labute approximate surface area is 126 Å². The number of para-hydroxylation sites is 1. The second kappa shape index (κ2) is 7.12. The normalized spacial score (nSPS) is 16.6. The summed E-state index contributed by atoms with van der Waals surface area (Å²) >= 11 is 1.32. The van der Waals surface area contributed by atoms with Crippen LogP contribution in [-0.4, -0.2) is 36.2 Å². The lowest BCUT2D eigenvalue weighted by atomic mass is 10.2. The Bertz CT molecular complexity index is 562. The number of carbonyl (C=O) groups excluding carboxylic acids is 3. The van der Waals surface area contributed by atoms with Gasteiger partial charge in [0.15, 0.2) is 6.61 Å². The van der Waals surface area contributed by atoms with Crippen LogP contribution < -0.4 is 10.6 Å². The first-order valence-electron chi connectivity index (χ1n) is 6.59. The van der Waals surface area contributed by atoms with Crippen LogP contribution in [0.15, 0.2) is 29.2 Å². The van der Waals surface area contributed by atoms with Crippen LogP contribution in [0.2, 0.25) is 0 Å². The quantitative estimate of drug-likeness (QED) is 0.798. The Balaban J connectivity index is 1.87. The van der Waals surface area contributed by atoms with Gasteiger partial charge in [0.25, 0.3) is 5.91 Å². The molecule has 0 saturated carbocycles. The van der Waals surface area contributed by atoms with Gasteiger partial charge in [0.2, 0.25) is 5.91 Å². The number of anilines is 1. The lowest BCUT2D eigenvalue weighted by molar-refractivity contribution is -0.148. The SMILES string of the molecule is CCNC(=O)COC(=O)C[C@@H]1Sc2ccccc2NC1=O. The minimum absolute atomic E-state index is 0.0652. The zero-order chi connectivity index (χ0) is 15.2. The molecule has 7 heteroatoms. The van der Waals surface area contributed by atoms with E-state index in [1.165, 1.54) is 11.8 Å². The first-order chi connectivity index (χ1) is 10.1. The Kier molecular flexibility index (Phi) is 5.21. The van der Waals surface area contributed by atoms with Crippen LogP contribution in [0.4, 0.5) is 5.69 Å². The summed E-state index contributed by atoms with van der Waals surface area (Å²) in [5, 5.41) is 4.74. The molecule has 2 amide bonds. The van der Waals surface area contributed by atoms with Crippen LogP contribution in [0.5, 0.6) is 0 Å². The molecule has 1 aromatic carbocycles. The molecular formula is C14H16N2O4S. The molecule has 1 aliphatic rings. The van der Waals surface area contributed by atoms with E-state index in [2.05, 4.69) is 10.6 Å². The zero-order valence-corrected chi connectivity index (χ0v) is 12.4. The van der Waals surface area contributed by atoms with E-state index in [1.807, 2.05) is 24.3 Å². The van der Waals surface area contributed by atoms with Gasteiger partial charge >= 0.3 is 5.97 Å². The predicted octanol–water partition coefficient (Wildman–Crippen LogP) is 1.17. The summed E-state index contributed by atoms with van der Waals surface area (Å²) in [5.41, 5.74) is 0.749. The molecule has 0 fully saturated rings. The first kappa shape index (κ1) is 15.4. The molecule has 1 heterocycles. The minimum Gasteiger partial charge on any atom is -0.456 e. The lowest BCUT2D eigenvalue weighted by Crippen LogP contribution is -2.33. The van der Waals surface area contributed by atoms with Gasteiger partial charge in [-0.3, -0.25) is 14.4 Å². The van der Waals surface area contributed by atoms with E-state index in [0.717, 1.165) is 10.6 Å². The zero-order valence-electron chi connectivity index (χ0n) is 11.5. The van der Waals surface area contributed by atoms with Gasteiger partial charge in [-0.2, -0.15) is 0 Å². The van der Waals surface area contributed by atoms with Crippen molar-refractivity contribution in [2.45, 2.75) is 23.5 Å². The topological polar surface area (TPSA) is 84.5 Å². The molecule has 2 N–H and O–H groups in total. The van der Waals surface area contributed by atoms with Gasteiger partial charge in [0.05, 0.1) is 17.4 Å². The number of nitrogens with one attached hydrogen (secondary N) is 2. The van der Waals surface area contributed by atoms with E-state index in [1.54, 1.807) is 6.92 Å². The van der Waals surface area contributed by atoms with Gasteiger partial charge < -0.3 is 15.4 Å². The maximum atomic E-state index is 11.9. The third kappa shape index (κ3) is 4.22. The maximum Gasteiger partial charge on any atom is 0.307 e. The Morgan fingerprint density at radius 1 is 1.38 bits per heavy atom. The Morgan fingerprint density at radius 2 is 2.14 bits per heavy atom. The highest BCUT2D eigenvalue weighted by Crippen LogP contribution is 2.36.